The molecule has 5 rings (SSSR count). The molecular weight excluding hydrogens is 456 g/mol. The highest BCUT2D eigenvalue weighted by molar-refractivity contribution is 7.93. The Hall–Kier alpha value is -1.64. The third kappa shape index (κ3) is 3.38. The Morgan fingerprint density at radius 1 is 1.23 bits per heavy atom. The highest BCUT2D eigenvalue weighted by Crippen LogP contribution is 2.59. The fourth-order valence-electron chi connectivity index (χ4n) is 5.91. The molecule has 0 unspecified atom stereocenters. The van der Waals surface area contributed by atoms with Crippen molar-refractivity contribution in [2.45, 2.75) is 57.0 Å². The molecule has 31 heavy (non-hydrogen) atoms. The number of benzene rings is 1. The molecule has 1 aliphatic heterocycles. The number of nitrogens with zero attached hydrogens (tertiary/aromatic N) is 1. The van der Waals surface area contributed by atoms with E-state index in [4.69, 9.17) is 21.3 Å². The molecule has 3 aliphatic rings. The van der Waals surface area contributed by atoms with Crippen LogP contribution in [0.3, 0.4) is 0 Å². The molecule has 6 nitrogen and oxygen atoms in total. The van der Waals surface area contributed by atoms with Crippen molar-refractivity contribution in [1.29, 1.82) is 0 Å². The van der Waals surface area contributed by atoms with Gasteiger partial charge in [0.15, 0.2) is 5.13 Å². The summed E-state index contributed by atoms with van der Waals surface area (Å²) in [6, 6.07) is 6.06. The van der Waals surface area contributed by atoms with Gasteiger partial charge in [-0.25, -0.2) is 13.4 Å². The molecule has 1 saturated carbocycles. The van der Waals surface area contributed by atoms with Crippen LogP contribution in [-0.2, 0) is 26.0 Å². The fourth-order valence-corrected chi connectivity index (χ4v) is 8.54. The fraction of sp³-hybridized carbons (Fsp3) is 0.545. The first-order chi connectivity index (χ1) is 14.6. The van der Waals surface area contributed by atoms with Crippen molar-refractivity contribution in [1.82, 2.24) is 4.98 Å². The van der Waals surface area contributed by atoms with Gasteiger partial charge in [0.2, 0.25) is 0 Å². The van der Waals surface area contributed by atoms with E-state index in [0.29, 0.717) is 10.2 Å². The van der Waals surface area contributed by atoms with Gasteiger partial charge in [0.05, 0.1) is 16.5 Å². The number of carbonyl (C=O) groups is 1. The van der Waals surface area contributed by atoms with Crippen LogP contribution >= 0.6 is 22.9 Å². The number of halogens is 1. The van der Waals surface area contributed by atoms with E-state index >= 15 is 0 Å². The maximum atomic E-state index is 12.8. The lowest BCUT2D eigenvalue weighted by atomic mass is 9.54. The topological polar surface area (TPSA) is 85.4 Å². The molecule has 0 bridgehead atoms. The maximum Gasteiger partial charge on any atom is 0.309 e. The molecule has 0 amide bonds. The highest BCUT2D eigenvalue weighted by atomic mass is 35.5. The molecule has 0 spiro atoms. The first-order valence-corrected chi connectivity index (χ1v) is 13.3. The summed E-state index contributed by atoms with van der Waals surface area (Å²) in [7, 11) is -3.75. The minimum absolute atomic E-state index is 0.0107. The zero-order valence-corrected chi connectivity index (χ0v) is 20.0. The van der Waals surface area contributed by atoms with Crippen LogP contribution in [0.15, 0.2) is 29.2 Å². The average Bonchev–Trinajstić information content (AvgIpc) is 3.21. The lowest BCUT2D eigenvalue weighted by Crippen LogP contribution is -2.50. The average molecular weight is 481 g/mol. The molecule has 0 radical (unpaired) electrons. The second kappa shape index (κ2) is 7.18. The smallest absolute Gasteiger partial charge is 0.309 e. The van der Waals surface area contributed by atoms with Crippen molar-refractivity contribution < 1.29 is 17.9 Å². The quantitative estimate of drug-likeness (QED) is 0.634. The monoisotopic (exact) mass is 480 g/mol. The van der Waals surface area contributed by atoms with Crippen LogP contribution in [0.25, 0.3) is 0 Å². The predicted molar refractivity (Wildman–Crippen MR) is 120 cm³/mol. The molecule has 2 aliphatic carbocycles. The Labute approximate surface area is 191 Å². The molecule has 2 fully saturated rings. The number of aromatic nitrogens is 1. The van der Waals surface area contributed by atoms with Crippen LogP contribution in [0.2, 0.25) is 5.02 Å². The number of thiazole rings is 1. The molecule has 1 N–H and O–H groups in total. The molecule has 1 aromatic carbocycles. The van der Waals surface area contributed by atoms with E-state index in [1.54, 1.807) is 12.1 Å². The minimum atomic E-state index is -3.75. The van der Waals surface area contributed by atoms with E-state index in [1.165, 1.54) is 23.5 Å². The highest BCUT2D eigenvalue weighted by Gasteiger charge is 2.58. The first-order valence-electron chi connectivity index (χ1n) is 10.6. The summed E-state index contributed by atoms with van der Waals surface area (Å²) < 4.78 is 34.1. The van der Waals surface area contributed by atoms with Gasteiger partial charge < -0.3 is 4.74 Å². The zero-order chi connectivity index (χ0) is 22.1. The number of rotatable bonds is 3. The Morgan fingerprint density at radius 2 is 1.94 bits per heavy atom. The molecule has 9 heteroatoms. The van der Waals surface area contributed by atoms with Crippen molar-refractivity contribution in [2.75, 3.05) is 4.72 Å². The molecular formula is C22H25ClN2O4S2. The maximum absolute atomic E-state index is 12.8. The molecule has 2 heterocycles. The number of esters is 1. The Bertz CT molecular complexity index is 1150. The SMILES string of the molecule is C[C@@H]1C(=O)O[C@H]2[C@H]1CC[C@@]1(C)Cc3sc(NS(=O)(=O)c4ccc(Cl)cc4)nc3[C@@H](C)[C@H]21. The second-order valence-corrected chi connectivity index (χ2v) is 12.6. The zero-order valence-electron chi connectivity index (χ0n) is 17.6. The standard InChI is InChI=1S/C22H25ClN2O4S2/c1-11-15-8-9-22(3)10-16-18(12(2)17(22)19(15)29-20(11)26)24-21(30-16)25-31(27,28)14-6-4-13(23)5-7-14/h4-7,11-12,15,17,19H,8-10H2,1-3H3,(H,24,25)/t11-,12-,15-,17+,19-,22-/m0/s1. The number of carbonyl (C=O) groups excluding carboxylic acids is 1. The van der Waals surface area contributed by atoms with Crippen molar-refractivity contribution in [3.05, 3.63) is 39.9 Å². The van der Waals surface area contributed by atoms with Crippen LogP contribution in [0.4, 0.5) is 5.13 Å². The summed E-state index contributed by atoms with van der Waals surface area (Å²) in [6.45, 7) is 6.39. The van der Waals surface area contributed by atoms with E-state index < -0.39 is 10.0 Å². The summed E-state index contributed by atoms with van der Waals surface area (Å²) in [5.74, 6) is 0.392. The third-order valence-corrected chi connectivity index (χ3v) is 10.2. The summed E-state index contributed by atoms with van der Waals surface area (Å²) in [4.78, 5) is 18.2. The van der Waals surface area contributed by atoms with Gasteiger partial charge in [-0.2, -0.15) is 0 Å². The lowest BCUT2D eigenvalue weighted by molar-refractivity contribution is -0.149. The first kappa shape index (κ1) is 21.2. The van der Waals surface area contributed by atoms with Crippen molar-refractivity contribution in [3.63, 3.8) is 0 Å². The number of hydrogen-bond donors (Lipinski definition) is 1. The summed E-state index contributed by atoms with van der Waals surface area (Å²) in [5.41, 5.74) is 0.939. The van der Waals surface area contributed by atoms with Crippen LogP contribution < -0.4 is 4.72 Å². The van der Waals surface area contributed by atoms with E-state index in [-0.39, 0.29) is 46.1 Å². The summed E-state index contributed by atoms with van der Waals surface area (Å²) in [6.07, 6.45) is 2.77. The molecule has 1 aromatic heterocycles. The van der Waals surface area contributed by atoms with Gasteiger partial charge in [-0.3, -0.25) is 9.52 Å². The van der Waals surface area contributed by atoms with E-state index in [1.807, 2.05) is 6.92 Å². The summed E-state index contributed by atoms with van der Waals surface area (Å²) in [5, 5.41) is 0.857. The van der Waals surface area contributed by atoms with Gasteiger partial charge in [-0.1, -0.05) is 32.4 Å². The number of ether oxygens (including phenoxy) is 1. The van der Waals surface area contributed by atoms with Crippen LogP contribution in [0.5, 0.6) is 0 Å². The van der Waals surface area contributed by atoms with Crippen molar-refractivity contribution in [3.8, 4) is 0 Å². The van der Waals surface area contributed by atoms with E-state index in [0.717, 1.165) is 29.8 Å². The van der Waals surface area contributed by atoms with Crippen LogP contribution in [0, 0.1) is 23.2 Å². The van der Waals surface area contributed by atoms with Crippen LogP contribution in [0.1, 0.15) is 50.1 Å². The van der Waals surface area contributed by atoms with Crippen molar-refractivity contribution >= 4 is 44.1 Å². The minimum Gasteiger partial charge on any atom is -0.461 e. The van der Waals surface area contributed by atoms with Crippen LogP contribution in [-0.4, -0.2) is 25.5 Å². The van der Waals surface area contributed by atoms with Crippen molar-refractivity contribution in [2.24, 2.45) is 23.2 Å². The van der Waals surface area contributed by atoms with Gasteiger partial charge >= 0.3 is 5.97 Å². The number of sulfonamides is 1. The second-order valence-electron chi connectivity index (χ2n) is 9.42. The lowest BCUT2D eigenvalue weighted by Gasteiger charge is -2.51. The number of anilines is 1. The largest absolute Gasteiger partial charge is 0.461 e. The number of nitrogens with one attached hydrogen (secondary N) is 1. The molecule has 1 saturated heterocycles. The molecule has 2 aromatic rings. The Kier molecular flexibility index (Phi) is 4.92. The normalized spacial score (nSPS) is 34.5. The summed E-state index contributed by atoms with van der Waals surface area (Å²) >= 11 is 7.29. The third-order valence-electron chi connectivity index (χ3n) is 7.50. The van der Waals surface area contributed by atoms with E-state index in [9.17, 15) is 13.2 Å². The van der Waals surface area contributed by atoms with Gasteiger partial charge in [-0.15, -0.1) is 11.3 Å². The number of hydrogen-bond acceptors (Lipinski definition) is 6. The predicted octanol–water partition coefficient (Wildman–Crippen LogP) is 4.85. The Morgan fingerprint density at radius 3 is 2.65 bits per heavy atom. The molecule has 166 valence electrons. The van der Waals surface area contributed by atoms with E-state index in [2.05, 4.69) is 18.6 Å². The number of fused-ring (bicyclic) bond motifs is 4. The Balaban J connectivity index is 1.45. The van der Waals surface area contributed by atoms with Gasteiger partial charge in [-0.05, 0) is 48.9 Å². The van der Waals surface area contributed by atoms with Gasteiger partial charge in [0.1, 0.15) is 6.10 Å². The molecule has 6 atom stereocenters. The van der Waals surface area contributed by atoms with Gasteiger partial charge in [0, 0.05) is 27.7 Å². The van der Waals surface area contributed by atoms with Gasteiger partial charge in [0.25, 0.3) is 10.0 Å².